The fourth-order valence-corrected chi connectivity index (χ4v) is 1.77. The van der Waals surface area contributed by atoms with Gasteiger partial charge in [-0.05, 0) is 30.5 Å². The molecule has 0 heterocycles. The van der Waals surface area contributed by atoms with Crippen LogP contribution in [-0.4, -0.2) is 24.5 Å². The van der Waals surface area contributed by atoms with Crippen LogP contribution in [0.4, 0.5) is 0 Å². The Morgan fingerprint density at radius 1 is 1.30 bits per heavy atom. The molecule has 0 spiro atoms. The zero-order chi connectivity index (χ0) is 15.1. The number of ether oxygens (including phenoxy) is 1. The van der Waals surface area contributed by atoms with E-state index < -0.39 is 12.0 Å². The number of halogens is 1. The molecular weight excluding hydrogens is 278 g/mol. The predicted octanol–water partition coefficient (Wildman–Crippen LogP) is 2.59. The first-order chi connectivity index (χ1) is 9.38. The topological polar surface area (TPSA) is 55.4 Å². The van der Waals surface area contributed by atoms with Gasteiger partial charge in [-0.15, -0.1) is 0 Å². The lowest BCUT2D eigenvalue weighted by molar-refractivity contribution is -0.148. The van der Waals surface area contributed by atoms with Crippen molar-refractivity contribution in [2.24, 2.45) is 5.92 Å². The van der Waals surface area contributed by atoms with Crippen LogP contribution in [-0.2, 0) is 20.7 Å². The van der Waals surface area contributed by atoms with Crippen LogP contribution in [0.15, 0.2) is 24.3 Å². The second-order valence-corrected chi connectivity index (χ2v) is 5.56. The molecule has 0 aliphatic heterocycles. The highest BCUT2D eigenvalue weighted by Gasteiger charge is 2.17. The fourth-order valence-electron chi connectivity index (χ4n) is 1.56. The van der Waals surface area contributed by atoms with E-state index in [9.17, 15) is 9.59 Å². The maximum absolute atomic E-state index is 11.8. The third-order valence-corrected chi connectivity index (χ3v) is 2.78. The van der Waals surface area contributed by atoms with Crippen molar-refractivity contribution < 1.29 is 14.3 Å². The molecule has 4 nitrogen and oxygen atoms in total. The predicted molar refractivity (Wildman–Crippen MR) is 78.6 cm³/mol. The summed E-state index contributed by atoms with van der Waals surface area (Å²) in [5.74, 6) is -0.382. The van der Waals surface area contributed by atoms with Crippen molar-refractivity contribution in [2.45, 2.75) is 33.2 Å². The summed E-state index contributed by atoms with van der Waals surface area (Å²) in [6.45, 7) is 5.87. The SMILES string of the molecule is CC(C)COC(=O)[C@H](C)NC(=O)Cc1cccc(Cl)c1. The van der Waals surface area contributed by atoms with E-state index in [4.69, 9.17) is 16.3 Å². The molecule has 1 atom stereocenters. The number of hydrogen-bond acceptors (Lipinski definition) is 3. The van der Waals surface area contributed by atoms with Crippen molar-refractivity contribution in [3.63, 3.8) is 0 Å². The van der Waals surface area contributed by atoms with E-state index >= 15 is 0 Å². The molecule has 0 radical (unpaired) electrons. The van der Waals surface area contributed by atoms with Crippen molar-refractivity contribution in [2.75, 3.05) is 6.61 Å². The minimum Gasteiger partial charge on any atom is -0.464 e. The monoisotopic (exact) mass is 297 g/mol. The Labute approximate surface area is 124 Å². The molecule has 0 aromatic heterocycles. The molecule has 0 unspecified atom stereocenters. The Morgan fingerprint density at radius 2 is 2.00 bits per heavy atom. The van der Waals surface area contributed by atoms with E-state index in [1.54, 1.807) is 25.1 Å². The standard InChI is InChI=1S/C15H20ClNO3/c1-10(2)9-20-15(19)11(3)17-14(18)8-12-5-4-6-13(16)7-12/h4-7,10-11H,8-9H2,1-3H3,(H,17,18)/t11-/m0/s1. The maximum Gasteiger partial charge on any atom is 0.328 e. The first-order valence-electron chi connectivity index (χ1n) is 6.59. The van der Waals surface area contributed by atoms with E-state index in [2.05, 4.69) is 5.32 Å². The van der Waals surface area contributed by atoms with E-state index in [1.165, 1.54) is 0 Å². The molecule has 20 heavy (non-hydrogen) atoms. The van der Waals surface area contributed by atoms with Crippen LogP contribution in [0.25, 0.3) is 0 Å². The Hall–Kier alpha value is -1.55. The number of rotatable bonds is 6. The second-order valence-electron chi connectivity index (χ2n) is 5.12. The first kappa shape index (κ1) is 16.5. The third kappa shape index (κ3) is 6.06. The van der Waals surface area contributed by atoms with E-state index in [0.717, 1.165) is 5.56 Å². The molecule has 1 aromatic rings. The largest absolute Gasteiger partial charge is 0.464 e. The molecule has 0 saturated heterocycles. The van der Waals surface area contributed by atoms with Gasteiger partial charge in [-0.25, -0.2) is 4.79 Å². The van der Waals surface area contributed by atoms with Crippen molar-refractivity contribution in [1.82, 2.24) is 5.32 Å². The van der Waals surface area contributed by atoms with Gasteiger partial charge in [0.2, 0.25) is 5.91 Å². The molecule has 0 fully saturated rings. The van der Waals surface area contributed by atoms with Gasteiger partial charge >= 0.3 is 5.97 Å². The molecular formula is C15H20ClNO3. The number of carbonyl (C=O) groups is 2. The Balaban J connectivity index is 2.43. The molecule has 110 valence electrons. The summed E-state index contributed by atoms with van der Waals surface area (Å²) in [5, 5.41) is 3.20. The van der Waals surface area contributed by atoms with Gasteiger partial charge in [0.25, 0.3) is 0 Å². The smallest absolute Gasteiger partial charge is 0.328 e. The Kier molecular flexibility index (Phi) is 6.52. The summed E-state index contributed by atoms with van der Waals surface area (Å²) in [5.41, 5.74) is 0.803. The zero-order valence-electron chi connectivity index (χ0n) is 12.0. The van der Waals surface area contributed by atoms with Gasteiger partial charge in [-0.2, -0.15) is 0 Å². The summed E-state index contributed by atoms with van der Waals surface area (Å²) in [6.07, 6.45) is 0.183. The molecule has 5 heteroatoms. The number of benzene rings is 1. The van der Waals surface area contributed by atoms with Crippen molar-refractivity contribution in [1.29, 1.82) is 0 Å². The van der Waals surface area contributed by atoms with Gasteiger partial charge < -0.3 is 10.1 Å². The number of esters is 1. The molecule has 0 saturated carbocycles. The van der Waals surface area contributed by atoms with Crippen LogP contribution in [0.1, 0.15) is 26.3 Å². The lowest BCUT2D eigenvalue weighted by atomic mass is 10.1. The zero-order valence-corrected chi connectivity index (χ0v) is 12.7. The van der Waals surface area contributed by atoms with Gasteiger partial charge in [0.1, 0.15) is 6.04 Å². The van der Waals surface area contributed by atoms with Crippen LogP contribution in [0, 0.1) is 5.92 Å². The van der Waals surface area contributed by atoms with Crippen LogP contribution >= 0.6 is 11.6 Å². The summed E-state index contributed by atoms with van der Waals surface area (Å²) in [7, 11) is 0. The molecule has 1 rings (SSSR count). The second kappa shape index (κ2) is 7.90. The van der Waals surface area contributed by atoms with E-state index in [0.29, 0.717) is 11.6 Å². The van der Waals surface area contributed by atoms with Gasteiger partial charge in [0.05, 0.1) is 13.0 Å². The summed E-state index contributed by atoms with van der Waals surface area (Å²) in [6, 6.07) is 6.41. The number of nitrogens with one attached hydrogen (secondary N) is 1. The van der Waals surface area contributed by atoms with E-state index in [1.807, 2.05) is 19.9 Å². The van der Waals surface area contributed by atoms with Gasteiger partial charge in [-0.3, -0.25) is 4.79 Å². The van der Waals surface area contributed by atoms with Gasteiger partial charge in [-0.1, -0.05) is 37.6 Å². The molecule has 1 aromatic carbocycles. The lowest BCUT2D eigenvalue weighted by Gasteiger charge is -2.14. The van der Waals surface area contributed by atoms with Crippen molar-refractivity contribution in [3.8, 4) is 0 Å². The van der Waals surface area contributed by atoms with Crippen molar-refractivity contribution in [3.05, 3.63) is 34.9 Å². The highest BCUT2D eigenvalue weighted by molar-refractivity contribution is 6.30. The normalized spacial score (nSPS) is 12.1. The Morgan fingerprint density at radius 3 is 2.60 bits per heavy atom. The van der Waals surface area contributed by atoms with Crippen LogP contribution in [0.3, 0.4) is 0 Å². The number of amides is 1. The maximum atomic E-state index is 11.8. The van der Waals surface area contributed by atoms with Gasteiger partial charge in [0.15, 0.2) is 0 Å². The summed E-state index contributed by atoms with van der Waals surface area (Å²) >= 11 is 5.85. The minimum atomic E-state index is -0.652. The first-order valence-corrected chi connectivity index (χ1v) is 6.96. The average molecular weight is 298 g/mol. The van der Waals surface area contributed by atoms with Crippen LogP contribution < -0.4 is 5.32 Å². The highest BCUT2D eigenvalue weighted by atomic mass is 35.5. The van der Waals surface area contributed by atoms with E-state index in [-0.39, 0.29) is 18.2 Å². The fraction of sp³-hybridized carbons (Fsp3) is 0.467. The number of hydrogen-bond donors (Lipinski definition) is 1. The lowest BCUT2D eigenvalue weighted by Crippen LogP contribution is -2.40. The summed E-state index contributed by atoms with van der Waals surface area (Å²) < 4.78 is 5.06. The van der Waals surface area contributed by atoms with Crippen LogP contribution in [0.2, 0.25) is 5.02 Å². The van der Waals surface area contributed by atoms with Crippen LogP contribution in [0.5, 0.6) is 0 Å². The molecule has 0 bridgehead atoms. The summed E-state index contributed by atoms with van der Waals surface area (Å²) in [4.78, 5) is 23.4. The highest BCUT2D eigenvalue weighted by Crippen LogP contribution is 2.11. The average Bonchev–Trinajstić information content (AvgIpc) is 2.35. The Bertz CT molecular complexity index is 474. The van der Waals surface area contributed by atoms with Gasteiger partial charge in [0, 0.05) is 5.02 Å². The minimum absolute atomic E-state index is 0.183. The number of carbonyl (C=O) groups excluding carboxylic acids is 2. The van der Waals surface area contributed by atoms with Crippen molar-refractivity contribution >= 4 is 23.5 Å². The molecule has 1 amide bonds. The molecule has 0 aliphatic carbocycles. The molecule has 0 aliphatic rings. The third-order valence-electron chi connectivity index (χ3n) is 2.54. The quantitative estimate of drug-likeness (QED) is 0.821. The molecule has 1 N–H and O–H groups in total.